The van der Waals surface area contributed by atoms with Gasteiger partial charge in [-0.3, -0.25) is 4.79 Å². The molecule has 9 heteroatoms. The highest BCUT2D eigenvalue weighted by Gasteiger charge is 2.21. The van der Waals surface area contributed by atoms with Gasteiger partial charge in [-0.15, -0.1) is 0 Å². The summed E-state index contributed by atoms with van der Waals surface area (Å²) >= 11 is 0. The monoisotopic (exact) mass is 346 g/mol. The van der Waals surface area contributed by atoms with E-state index >= 15 is 0 Å². The maximum absolute atomic E-state index is 12.3. The van der Waals surface area contributed by atoms with Crippen LogP contribution in [0.5, 0.6) is 0 Å². The number of nitrogens with one attached hydrogen (secondary N) is 1. The average Bonchev–Trinajstić information content (AvgIpc) is 3.19. The third kappa shape index (κ3) is 3.87. The third-order valence-corrected chi connectivity index (χ3v) is 4.37. The molecule has 8 nitrogen and oxygen atoms in total. The molecular formula is C15H14N4O4S. The lowest BCUT2D eigenvalue weighted by Gasteiger charge is -2.10. The molecule has 1 N–H and O–H groups in total. The molecule has 0 atom stereocenters. The van der Waals surface area contributed by atoms with Gasteiger partial charge in [0.1, 0.15) is 11.4 Å². The smallest absolute Gasteiger partial charge is 0.281 e. The molecule has 2 heterocycles. The Kier molecular flexibility index (Phi) is 4.43. The molecule has 3 aromatic rings. The van der Waals surface area contributed by atoms with Crippen LogP contribution in [0.3, 0.4) is 0 Å². The number of carbonyl (C=O) groups is 1. The van der Waals surface area contributed by atoms with Crippen molar-refractivity contribution in [1.29, 1.82) is 0 Å². The van der Waals surface area contributed by atoms with Crippen molar-refractivity contribution >= 4 is 15.9 Å². The molecule has 0 spiro atoms. The molecule has 0 fully saturated rings. The van der Waals surface area contributed by atoms with E-state index < -0.39 is 21.7 Å². The van der Waals surface area contributed by atoms with E-state index in [0.717, 1.165) is 12.0 Å². The Morgan fingerprint density at radius 3 is 2.67 bits per heavy atom. The van der Waals surface area contributed by atoms with Gasteiger partial charge in [0.2, 0.25) is 16.4 Å². The van der Waals surface area contributed by atoms with Gasteiger partial charge in [-0.2, -0.15) is 4.98 Å². The van der Waals surface area contributed by atoms with E-state index in [1.807, 2.05) is 35.1 Å². The first kappa shape index (κ1) is 15.9. The Bertz CT molecular complexity index is 918. The van der Waals surface area contributed by atoms with Gasteiger partial charge in [0.15, 0.2) is 5.82 Å². The molecule has 0 saturated heterocycles. The van der Waals surface area contributed by atoms with E-state index in [-0.39, 0.29) is 11.5 Å². The molecule has 0 aliphatic carbocycles. The molecule has 1 aromatic carbocycles. The van der Waals surface area contributed by atoms with Crippen molar-refractivity contribution in [3.63, 3.8) is 0 Å². The fraction of sp³-hybridized carbons (Fsp3) is 0.133. The van der Waals surface area contributed by atoms with Crippen LogP contribution in [0, 0.1) is 0 Å². The van der Waals surface area contributed by atoms with Gasteiger partial charge in [0.05, 0.1) is 0 Å². The zero-order chi connectivity index (χ0) is 17.0. The van der Waals surface area contributed by atoms with Crippen LogP contribution in [-0.2, 0) is 22.3 Å². The summed E-state index contributed by atoms with van der Waals surface area (Å²) in [6, 6.07) is 12.8. The number of carbonyl (C=O) groups excluding carboxylic acids is 1. The molecule has 0 aliphatic rings. The van der Waals surface area contributed by atoms with Crippen molar-refractivity contribution < 1.29 is 17.7 Å². The molecule has 24 heavy (non-hydrogen) atoms. The fourth-order valence-corrected chi connectivity index (χ4v) is 3.12. The number of amides is 1. The fourth-order valence-electron chi connectivity index (χ4n) is 2.19. The number of rotatable bonds is 6. The Balaban J connectivity index is 1.73. The molecule has 0 radical (unpaired) electrons. The lowest BCUT2D eigenvalue weighted by atomic mass is 10.2. The lowest BCUT2D eigenvalue weighted by molar-refractivity contribution is 0.0973. The summed E-state index contributed by atoms with van der Waals surface area (Å²) in [5, 5.41) is 3.42. The molecular weight excluding hydrogens is 332 g/mol. The molecule has 0 unspecified atom stereocenters. The zero-order valence-electron chi connectivity index (χ0n) is 12.5. The maximum Gasteiger partial charge on any atom is 0.281 e. The number of hydrogen-bond acceptors (Lipinski definition) is 6. The van der Waals surface area contributed by atoms with Crippen molar-refractivity contribution in [1.82, 2.24) is 19.4 Å². The topological polar surface area (TPSA) is 107 Å². The van der Waals surface area contributed by atoms with Crippen molar-refractivity contribution in [3.8, 4) is 0 Å². The van der Waals surface area contributed by atoms with Crippen LogP contribution >= 0.6 is 0 Å². The highest BCUT2D eigenvalue weighted by atomic mass is 32.2. The van der Waals surface area contributed by atoms with E-state index in [1.165, 1.54) is 0 Å². The van der Waals surface area contributed by atoms with Crippen LogP contribution in [-0.4, -0.2) is 29.0 Å². The summed E-state index contributed by atoms with van der Waals surface area (Å²) in [5.74, 6) is -1.26. The van der Waals surface area contributed by atoms with Crippen molar-refractivity contribution in [2.24, 2.45) is 0 Å². The summed E-state index contributed by atoms with van der Waals surface area (Å²) in [7, 11) is -3.92. The molecule has 0 bridgehead atoms. The Labute approximate surface area is 138 Å². The molecule has 124 valence electrons. The van der Waals surface area contributed by atoms with Crippen molar-refractivity contribution in [3.05, 3.63) is 72.1 Å². The third-order valence-electron chi connectivity index (χ3n) is 3.23. The Morgan fingerprint density at radius 2 is 1.96 bits per heavy atom. The molecule has 0 aliphatic heterocycles. The Hall–Kier alpha value is -2.94. The van der Waals surface area contributed by atoms with E-state index in [1.54, 1.807) is 22.9 Å². The van der Waals surface area contributed by atoms with Crippen LogP contribution in [0.2, 0.25) is 0 Å². The van der Waals surface area contributed by atoms with Gasteiger partial charge < -0.3 is 9.09 Å². The van der Waals surface area contributed by atoms with Gasteiger partial charge in [-0.05, 0) is 17.7 Å². The second-order valence-corrected chi connectivity index (χ2v) is 6.77. The van der Waals surface area contributed by atoms with Gasteiger partial charge in [-0.1, -0.05) is 35.5 Å². The molecule has 1 amide bonds. The van der Waals surface area contributed by atoms with Crippen molar-refractivity contribution in [2.45, 2.75) is 12.3 Å². The van der Waals surface area contributed by atoms with Gasteiger partial charge in [0.25, 0.3) is 5.91 Å². The summed E-state index contributed by atoms with van der Waals surface area (Å²) in [6.45, 7) is 0.460. The van der Waals surface area contributed by atoms with Gasteiger partial charge in [0, 0.05) is 12.7 Å². The van der Waals surface area contributed by atoms with E-state index in [9.17, 15) is 13.2 Å². The summed E-state index contributed by atoms with van der Waals surface area (Å²) in [4.78, 5) is 15.9. The number of sulfonamides is 1. The van der Waals surface area contributed by atoms with Crippen LogP contribution in [0.15, 0.2) is 59.6 Å². The summed E-state index contributed by atoms with van der Waals surface area (Å²) < 4.78 is 32.2. The summed E-state index contributed by atoms with van der Waals surface area (Å²) in [5.41, 5.74) is 1.24. The quantitative estimate of drug-likeness (QED) is 0.718. The van der Waals surface area contributed by atoms with E-state index in [2.05, 4.69) is 14.7 Å². The first-order valence-corrected chi connectivity index (χ1v) is 8.68. The minimum absolute atomic E-state index is 0.0185. The molecule has 0 saturated carbocycles. The van der Waals surface area contributed by atoms with Crippen molar-refractivity contribution in [2.75, 3.05) is 0 Å². The number of nitrogens with zero attached hydrogens (tertiary/aromatic N) is 3. The maximum atomic E-state index is 12.3. The van der Waals surface area contributed by atoms with Gasteiger partial charge in [-0.25, -0.2) is 13.1 Å². The highest BCUT2D eigenvalue weighted by molar-refractivity contribution is 7.89. The van der Waals surface area contributed by atoms with Crippen LogP contribution in [0.25, 0.3) is 0 Å². The van der Waals surface area contributed by atoms with Gasteiger partial charge >= 0.3 is 0 Å². The lowest BCUT2D eigenvalue weighted by Crippen LogP contribution is -2.33. The zero-order valence-corrected chi connectivity index (χ0v) is 13.3. The Morgan fingerprint density at radius 1 is 1.17 bits per heavy atom. The number of hydrogen-bond donors (Lipinski definition) is 1. The number of benzene rings is 1. The SMILES string of the molecule is O=C(NS(=O)(=O)Cc1ncon1)c1cccn1Cc1ccccc1. The number of aromatic nitrogens is 3. The second kappa shape index (κ2) is 6.67. The predicted molar refractivity (Wildman–Crippen MR) is 84.4 cm³/mol. The van der Waals surface area contributed by atoms with Crippen LogP contribution in [0.4, 0.5) is 0 Å². The molecule has 2 aromatic heterocycles. The second-order valence-electron chi connectivity index (χ2n) is 5.04. The standard InChI is InChI=1S/C15H14N4O4S/c20-15(18-24(21,22)10-14-16-11-23-17-14)13-7-4-8-19(13)9-12-5-2-1-3-6-12/h1-8,11H,9-10H2,(H,18,20). The van der Waals surface area contributed by atoms with E-state index in [0.29, 0.717) is 6.54 Å². The largest absolute Gasteiger partial charge is 0.343 e. The first-order valence-electron chi connectivity index (χ1n) is 7.03. The molecule has 3 rings (SSSR count). The van der Waals surface area contributed by atoms with Crippen LogP contribution in [0.1, 0.15) is 21.9 Å². The predicted octanol–water partition coefficient (Wildman–Crippen LogP) is 1.18. The summed E-state index contributed by atoms with van der Waals surface area (Å²) in [6.07, 6.45) is 2.74. The first-order chi connectivity index (χ1) is 11.5. The van der Waals surface area contributed by atoms with Crippen LogP contribution < -0.4 is 4.72 Å². The van der Waals surface area contributed by atoms with E-state index in [4.69, 9.17) is 0 Å². The normalized spacial score (nSPS) is 11.3. The minimum atomic E-state index is -3.92. The highest BCUT2D eigenvalue weighted by Crippen LogP contribution is 2.09. The minimum Gasteiger partial charge on any atom is -0.343 e. The average molecular weight is 346 g/mol.